The lowest BCUT2D eigenvalue weighted by molar-refractivity contribution is -0.112. The summed E-state index contributed by atoms with van der Waals surface area (Å²) in [4.78, 5) is 19.3. The molecular weight excluding hydrogens is 428 g/mol. The van der Waals surface area contributed by atoms with Crippen molar-refractivity contribution in [2.24, 2.45) is 5.92 Å². The molecule has 0 saturated carbocycles. The van der Waals surface area contributed by atoms with Gasteiger partial charge in [0, 0.05) is 36.1 Å². The number of ether oxygens (including phenoxy) is 1. The molecule has 0 atom stereocenters. The lowest BCUT2D eigenvalue weighted by Crippen LogP contribution is -2.36. The van der Waals surface area contributed by atoms with Crippen LogP contribution >= 0.6 is 0 Å². The Morgan fingerprint density at radius 1 is 1.21 bits per heavy atom. The van der Waals surface area contributed by atoms with Gasteiger partial charge in [-0.3, -0.25) is 9.78 Å². The minimum atomic E-state index is -0.0965. The Labute approximate surface area is 200 Å². The van der Waals surface area contributed by atoms with E-state index in [0.717, 1.165) is 66.6 Å². The molecule has 3 aromatic rings. The fourth-order valence-electron chi connectivity index (χ4n) is 3.75. The van der Waals surface area contributed by atoms with Crippen LogP contribution in [0.25, 0.3) is 16.9 Å². The summed E-state index contributed by atoms with van der Waals surface area (Å²) in [5, 5.41) is 11.7. The Bertz CT molecular complexity index is 1180. The number of nitrogens with one attached hydrogen (secondary N) is 1. The highest BCUT2D eigenvalue weighted by molar-refractivity contribution is 6.03. The molecule has 0 radical (unpaired) electrons. The highest BCUT2D eigenvalue weighted by atomic mass is 16.5. The molecule has 1 aromatic carbocycles. The number of morpholine rings is 1. The van der Waals surface area contributed by atoms with Gasteiger partial charge < -0.3 is 15.0 Å². The number of carbonyl (C=O) groups is 1. The minimum Gasteiger partial charge on any atom is -0.378 e. The Morgan fingerprint density at radius 2 is 2.00 bits per heavy atom. The summed E-state index contributed by atoms with van der Waals surface area (Å²) >= 11 is 0. The summed E-state index contributed by atoms with van der Waals surface area (Å²) in [6.45, 7) is 11.3. The SMILES string of the molecule is CC(=CCC(C)C)C(=O)Nc1ccc(C)c(-n2cc(-c3cncc(N4CCOCC4)c3)nn2)c1. The van der Waals surface area contributed by atoms with E-state index in [1.165, 1.54) is 0 Å². The number of hydrogen-bond acceptors (Lipinski definition) is 6. The second-order valence-corrected chi connectivity index (χ2v) is 9.05. The van der Waals surface area contributed by atoms with E-state index in [2.05, 4.69) is 45.4 Å². The predicted octanol–water partition coefficient (Wildman–Crippen LogP) is 4.41. The topological polar surface area (TPSA) is 85.2 Å². The van der Waals surface area contributed by atoms with E-state index in [1.54, 1.807) is 10.9 Å². The first-order valence-corrected chi connectivity index (χ1v) is 11.7. The molecule has 0 bridgehead atoms. The molecule has 1 aliphatic heterocycles. The van der Waals surface area contributed by atoms with Crippen molar-refractivity contribution in [3.8, 4) is 16.9 Å². The van der Waals surface area contributed by atoms with Gasteiger partial charge in [-0.1, -0.05) is 31.2 Å². The molecule has 178 valence electrons. The van der Waals surface area contributed by atoms with Crippen LogP contribution in [0.5, 0.6) is 0 Å². The van der Waals surface area contributed by atoms with Gasteiger partial charge in [-0.05, 0) is 49.9 Å². The fourth-order valence-corrected chi connectivity index (χ4v) is 3.75. The maximum atomic E-state index is 12.6. The largest absolute Gasteiger partial charge is 0.378 e. The van der Waals surface area contributed by atoms with Gasteiger partial charge in [0.05, 0.1) is 37.0 Å². The van der Waals surface area contributed by atoms with Crippen LogP contribution in [0, 0.1) is 12.8 Å². The van der Waals surface area contributed by atoms with Crippen molar-refractivity contribution < 1.29 is 9.53 Å². The molecular formula is C26H32N6O2. The Balaban J connectivity index is 1.53. The van der Waals surface area contributed by atoms with Gasteiger partial charge in [0.25, 0.3) is 5.91 Å². The number of aryl methyl sites for hydroxylation is 1. The summed E-state index contributed by atoms with van der Waals surface area (Å²) in [6.07, 6.45) is 8.42. The number of rotatable bonds is 7. The normalized spacial score (nSPS) is 14.5. The third-order valence-electron chi connectivity index (χ3n) is 5.86. The number of pyridine rings is 1. The summed E-state index contributed by atoms with van der Waals surface area (Å²) in [7, 11) is 0. The monoisotopic (exact) mass is 460 g/mol. The molecule has 2 aromatic heterocycles. The van der Waals surface area contributed by atoms with E-state index in [1.807, 2.05) is 50.5 Å². The lowest BCUT2D eigenvalue weighted by atomic mass is 10.1. The number of carbonyl (C=O) groups excluding carboxylic acids is 1. The van der Waals surface area contributed by atoms with E-state index < -0.39 is 0 Å². The molecule has 34 heavy (non-hydrogen) atoms. The van der Waals surface area contributed by atoms with Crippen LogP contribution in [-0.4, -0.2) is 52.2 Å². The third-order valence-corrected chi connectivity index (χ3v) is 5.86. The van der Waals surface area contributed by atoms with E-state index in [9.17, 15) is 4.79 Å². The minimum absolute atomic E-state index is 0.0965. The summed E-state index contributed by atoms with van der Waals surface area (Å²) in [5.41, 5.74) is 6.02. The summed E-state index contributed by atoms with van der Waals surface area (Å²) in [6, 6.07) is 7.88. The molecule has 1 N–H and O–H groups in total. The molecule has 0 aliphatic carbocycles. The van der Waals surface area contributed by atoms with Crippen molar-refractivity contribution in [3.63, 3.8) is 0 Å². The fraction of sp³-hybridized carbons (Fsp3) is 0.385. The Hall–Kier alpha value is -3.52. The molecule has 8 heteroatoms. The highest BCUT2D eigenvalue weighted by Crippen LogP contribution is 2.25. The number of benzene rings is 1. The van der Waals surface area contributed by atoms with Gasteiger partial charge in [-0.2, -0.15) is 0 Å². The molecule has 8 nitrogen and oxygen atoms in total. The van der Waals surface area contributed by atoms with Crippen molar-refractivity contribution >= 4 is 17.3 Å². The van der Waals surface area contributed by atoms with Crippen LogP contribution in [0.4, 0.5) is 11.4 Å². The smallest absolute Gasteiger partial charge is 0.250 e. The van der Waals surface area contributed by atoms with E-state index in [-0.39, 0.29) is 5.91 Å². The first-order chi connectivity index (χ1) is 16.4. The van der Waals surface area contributed by atoms with E-state index >= 15 is 0 Å². The Kier molecular flexibility index (Phi) is 7.37. The van der Waals surface area contributed by atoms with Crippen molar-refractivity contribution in [1.82, 2.24) is 20.0 Å². The average Bonchev–Trinajstić information content (AvgIpc) is 3.34. The van der Waals surface area contributed by atoms with Crippen molar-refractivity contribution in [3.05, 3.63) is 60.1 Å². The van der Waals surface area contributed by atoms with Gasteiger partial charge in [0.15, 0.2) is 0 Å². The quantitative estimate of drug-likeness (QED) is 0.526. The first-order valence-electron chi connectivity index (χ1n) is 11.7. The summed E-state index contributed by atoms with van der Waals surface area (Å²) in [5.74, 6) is 0.417. The van der Waals surface area contributed by atoms with Gasteiger partial charge in [-0.25, -0.2) is 4.68 Å². The van der Waals surface area contributed by atoms with Crippen LogP contribution in [-0.2, 0) is 9.53 Å². The van der Waals surface area contributed by atoms with Crippen molar-refractivity contribution in [2.75, 3.05) is 36.5 Å². The number of amides is 1. The molecule has 1 saturated heterocycles. The second kappa shape index (κ2) is 10.6. The van der Waals surface area contributed by atoms with E-state index in [0.29, 0.717) is 11.5 Å². The predicted molar refractivity (Wildman–Crippen MR) is 134 cm³/mol. The first kappa shape index (κ1) is 23.6. The lowest BCUT2D eigenvalue weighted by Gasteiger charge is -2.28. The van der Waals surface area contributed by atoms with Gasteiger partial charge in [-0.15, -0.1) is 5.10 Å². The standard InChI is InChI=1S/C26H32N6O2/c1-18(2)5-6-20(4)26(33)28-22-8-7-19(3)25(14-22)32-17-24(29-30-32)21-13-23(16-27-15-21)31-9-11-34-12-10-31/h6-8,13-18H,5,9-12H2,1-4H3,(H,28,33). The number of hydrogen-bond donors (Lipinski definition) is 1. The van der Waals surface area contributed by atoms with Gasteiger partial charge in [0.2, 0.25) is 0 Å². The average molecular weight is 461 g/mol. The van der Waals surface area contributed by atoms with Crippen molar-refractivity contribution in [2.45, 2.75) is 34.1 Å². The number of anilines is 2. The van der Waals surface area contributed by atoms with Crippen LogP contribution in [0.1, 0.15) is 32.8 Å². The highest BCUT2D eigenvalue weighted by Gasteiger charge is 2.14. The summed E-state index contributed by atoms with van der Waals surface area (Å²) < 4.78 is 7.19. The number of nitrogens with zero attached hydrogens (tertiary/aromatic N) is 5. The zero-order valence-electron chi connectivity index (χ0n) is 20.3. The third kappa shape index (κ3) is 5.69. The van der Waals surface area contributed by atoms with Crippen LogP contribution < -0.4 is 10.2 Å². The van der Waals surface area contributed by atoms with Gasteiger partial charge >= 0.3 is 0 Å². The number of allylic oxidation sites excluding steroid dienone is 1. The molecule has 3 heterocycles. The molecule has 1 fully saturated rings. The number of aromatic nitrogens is 4. The van der Waals surface area contributed by atoms with Crippen LogP contribution in [0.2, 0.25) is 0 Å². The molecule has 0 spiro atoms. The van der Waals surface area contributed by atoms with Gasteiger partial charge in [0.1, 0.15) is 5.69 Å². The maximum absolute atomic E-state index is 12.6. The van der Waals surface area contributed by atoms with Crippen LogP contribution in [0.15, 0.2) is 54.5 Å². The Morgan fingerprint density at radius 3 is 2.76 bits per heavy atom. The second-order valence-electron chi connectivity index (χ2n) is 9.05. The van der Waals surface area contributed by atoms with Crippen molar-refractivity contribution in [1.29, 1.82) is 0 Å². The van der Waals surface area contributed by atoms with Crippen LogP contribution in [0.3, 0.4) is 0 Å². The molecule has 0 unspecified atom stereocenters. The maximum Gasteiger partial charge on any atom is 0.250 e. The van der Waals surface area contributed by atoms with E-state index in [4.69, 9.17) is 4.74 Å². The molecule has 4 rings (SSSR count). The molecule has 1 amide bonds. The zero-order valence-corrected chi connectivity index (χ0v) is 20.3. The molecule has 1 aliphatic rings. The zero-order chi connectivity index (χ0) is 24.1.